The highest BCUT2D eigenvalue weighted by atomic mass is 32.2. The SMILES string of the molecule is CN(C)S(=O)(=O)c1cccnc1N1CCN(CCO)CC1. The van der Waals surface area contributed by atoms with E-state index in [2.05, 4.69) is 9.88 Å². The average molecular weight is 314 g/mol. The topological polar surface area (TPSA) is 77.0 Å². The molecule has 1 aromatic rings. The molecule has 0 atom stereocenters. The Bertz CT molecular complexity index is 569. The van der Waals surface area contributed by atoms with E-state index in [-0.39, 0.29) is 11.5 Å². The molecule has 1 aliphatic heterocycles. The number of hydrogen-bond acceptors (Lipinski definition) is 6. The van der Waals surface area contributed by atoms with Gasteiger partial charge in [0.15, 0.2) is 0 Å². The summed E-state index contributed by atoms with van der Waals surface area (Å²) in [5.74, 6) is 0.509. The Morgan fingerprint density at radius 3 is 2.52 bits per heavy atom. The molecule has 7 nitrogen and oxygen atoms in total. The van der Waals surface area contributed by atoms with E-state index < -0.39 is 10.0 Å². The standard InChI is InChI=1S/C13H22N4O3S/c1-15(2)21(19,20)12-4-3-5-14-13(12)17-8-6-16(7-9-17)10-11-18/h3-5,18H,6-11H2,1-2H3. The van der Waals surface area contributed by atoms with Crippen molar-refractivity contribution in [1.29, 1.82) is 0 Å². The number of anilines is 1. The number of β-amino-alcohol motifs (C(OH)–C–C–N with tert-alkyl or cyclic N) is 1. The number of aliphatic hydroxyl groups is 1. The Labute approximate surface area is 125 Å². The second kappa shape index (κ2) is 6.69. The van der Waals surface area contributed by atoms with E-state index in [4.69, 9.17) is 5.11 Å². The molecule has 1 N–H and O–H groups in total. The molecule has 21 heavy (non-hydrogen) atoms. The Kier molecular flexibility index (Phi) is 5.15. The highest BCUT2D eigenvalue weighted by molar-refractivity contribution is 7.89. The van der Waals surface area contributed by atoms with Gasteiger partial charge in [0.2, 0.25) is 10.0 Å². The fourth-order valence-electron chi connectivity index (χ4n) is 2.34. The summed E-state index contributed by atoms with van der Waals surface area (Å²) in [7, 11) is -0.467. The van der Waals surface area contributed by atoms with Crippen LogP contribution in [0, 0.1) is 0 Å². The van der Waals surface area contributed by atoms with Gasteiger partial charge in [-0.3, -0.25) is 4.90 Å². The summed E-state index contributed by atoms with van der Waals surface area (Å²) in [5, 5.41) is 8.96. The molecule has 0 aliphatic carbocycles. The predicted molar refractivity (Wildman–Crippen MR) is 80.8 cm³/mol. The second-order valence-electron chi connectivity index (χ2n) is 5.16. The van der Waals surface area contributed by atoms with E-state index in [1.807, 2.05) is 4.90 Å². The van der Waals surface area contributed by atoms with Crippen LogP contribution in [-0.4, -0.2) is 81.1 Å². The average Bonchev–Trinajstić information content (AvgIpc) is 2.48. The van der Waals surface area contributed by atoms with Crippen molar-refractivity contribution in [2.75, 3.05) is 58.3 Å². The molecule has 2 heterocycles. The molecule has 2 rings (SSSR count). The quantitative estimate of drug-likeness (QED) is 0.785. The smallest absolute Gasteiger partial charge is 0.246 e. The highest BCUT2D eigenvalue weighted by Gasteiger charge is 2.26. The second-order valence-corrected chi connectivity index (χ2v) is 7.29. The molecule has 0 amide bonds. The summed E-state index contributed by atoms with van der Waals surface area (Å²) in [5.41, 5.74) is 0. The van der Waals surface area contributed by atoms with Crippen LogP contribution in [0.15, 0.2) is 23.2 Å². The molecule has 0 aromatic carbocycles. The van der Waals surface area contributed by atoms with E-state index in [0.717, 1.165) is 13.1 Å². The van der Waals surface area contributed by atoms with Crippen LogP contribution in [0.1, 0.15) is 0 Å². The maximum absolute atomic E-state index is 12.4. The first-order valence-corrected chi connectivity index (χ1v) is 8.36. The molecule has 118 valence electrons. The van der Waals surface area contributed by atoms with Gasteiger partial charge < -0.3 is 10.0 Å². The third-order valence-electron chi connectivity index (χ3n) is 3.60. The molecule has 1 saturated heterocycles. The van der Waals surface area contributed by atoms with Gasteiger partial charge in [-0.05, 0) is 12.1 Å². The van der Waals surface area contributed by atoms with Crippen molar-refractivity contribution in [3.63, 3.8) is 0 Å². The minimum Gasteiger partial charge on any atom is -0.395 e. The Hall–Kier alpha value is -1.22. The van der Waals surface area contributed by atoms with Crippen LogP contribution in [0.3, 0.4) is 0 Å². The van der Waals surface area contributed by atoms with Gasteiger partial charge in [0.25, 0.3) is 0 Å². The van der Waals surface area contributed by atoms with Crippen molar-refractivity contribution in [3.8, 4) is 0 Å². The predicted octanol–water partition coefficient (Wildman–Crippen LogP) is -0.554. The summed E-state index contributed by atoms with van der Waals surface area (Å²) in [6.07, 6.45) is 1.62. The van der Waals surface area contributed by atoms with Crippen LogP contribution in [0.25, 0.3) is 0 Å². The summed E-state index contributed by atoms with van der Waals surface area (Å²) < 4.78 is 26.0. The lowest BCUT2D eigenvalue weighted by molar-refractivity contribution is 0.188. The minimum atomic E-state index is -3.51. The largest absolute Gasteiger partial charge is 0.395 e. The van der Waals surface area contributed by atoms with Crippen LogP contribution >= 0.6 is 0 Å². The summed E-state index contributed by atoms with van der Waals surface area (Å²) in [6.45, 7) is 3.78. The molecule has 1 fully saturated rings. The number of piperazine rings is 1. The van der Waals surface area contributed by atoms with Crippen LogP contribution in [0.4, 0.5) is 5.82 Å². The molecular weight excluding hydrogens is 292 g/mol. The number of aromatic nitrogens is 1. The maximum atomic E-state index is 12.4. The zero-order chi connectivity index (χ0) is 15.5. The van der Waals surface area contributed by atoms with Crippen molar-refractivity contribution in [2.45, 2.75) is 4.90 Å². The number of nitrogens with zero attached hydrogens (tertiary/aromatic N) is 4. The van der Waals surface area contributed by atoms with Crippen molar-refractivity contribution < 1.29 is 13.5 Å². The third-order valence-corrected chi connectivity index (χ3v) is 5.43. The van der Waals surface area contributed by atoms with E-state index in [0.29, 0.717) is 25.5 Å². The van der Waals surface area contributed by atoms with Gasteiger partial charge in [-0.2, -0.15) is 0 Å². The molecule has 0 unspecified atom stereocenters. The zero-order valence-electron chi connectivity index (χ0n) is 12.4. The number of rotatable bonds is 5. The highest BCUT2D eigenvalue weighted by Crippen LogP contribution is 2.25. The lowest BCUT2D eigenvalue weighted by Crippen LogP contribution is -2.48. The van der Waals surface area contributed by atoms with Gasteiger partial charge in [0.05, 0.1) is 6.61 Å². The maximum Gasteiger partial charge on any atom is 0.246 e. The van der Waals surface area contributed by atoms with Gasteiger partial charge in [0.1, 0.15) is 10.7 Å². The minimum absolute atomic E-state index is 0.143. The first-order valence-electron chi connectivity index (χ1n) is 6.92. The fraction of sp³-hybridized carbons (Fsp3) is 0.615. The van der Waals surface area contributed by atoms with Crippen LogP contribution in [0.2, 0.25) is 0 Å². The van der Waals surface area contributed by atoms with E-state index in [1.54, 1.807) is 18.3 Å². The molecule has 8 heteroatoms. The monoisotopic (exact) mass is 314 g/mol. The van der Waals surface area contributed by atoms with Gasteiger partial charge in [-0.15, -0.1) is 0 Å². The zero-order valence-corrected chi connectivity index (χ0v) is 13.3. The molecule has 0 bridgehead atoms. The molecular formula is C13H22N4O3S. The Balaban J connectivity index is 2.23. The van der Waals surface area contributed by atoms with Gasteiger partial charge in [-0.25, -0.2) is 17.7 Å². The van der Waals surface area contributed by atoms with Gasteiger partial charge in [-0.1, -0.05) is 0 Å². The summed E-state index contributed by atoms with van der Waals surface area (Å²) >= 11 is 0. The third kappa shape index (κ3) is 3.52. The lowest BCUT2D eigenvalue weighted by atomic mass is 10.3. The number of hydrogen-bond donors (Lipinski definition) is 1. The number of aliphatic hydroxyl groups excluding tert-OH is 1. The molecule has 0 radical (unpaired) electrons. The lowest BCUT2D eigenvalue weighted by Gasteiger charge is -2.35. The molecule has 1 aliphatic rings. The molecule has 0 spiro atoms. The Morgan fingerprint density at radius 2 is 1.95 bits per heavy atom. The van der Waals surface area contributed by atoms with Crippen molar-refractivity contribution in [3.05, 3.63) is 18.3 Å². The van der Waals surface area contributed by atoms with Crippen LogP contribution in [0.5, 0.6) is 0 Å². The van der Waals surface area contributed by atoms with Crippen molar-refractivity contribution in [2.24, 2.45) is 0 Å². The number of pyridine rings is 1. The summed E-state index contributed by atoms with van der Waals surface area (Å²) in [4.78, 5) is 8.66. The molecule has 0 saturated carbocycles. The molecule has 1 aromatic heterocycles. The first-order chi connectivity index (χ1) is 9.96. The van der Waals surface area contributed by atoms with Crippen LogP contribution in [-0.2, 0) is 10.0 Å². The van der Waals surface area contributed by atoms with Crippen molar-refractivity contribution in [1.82, 2.24) is 14.2 Å². The van der Waals surface area contributed by atoms with Crippen molar-refractivity contribution >= 4 is 15.8 Å². The fourth-order valence-corrected chi connectivity index (χ4v) is 3.40. The normalized spacial score (nSPS) is 17.4. The summed E-state index contributed by atoms with van der Waals surface area (Å²) in [6, 6.07) is 3.24. The first kappa shape index (κ1) is 16.2. The number of sulfonamides is 1. The van der Waals surface area contributed by atoms with E-state index in [9.17, 15) is 8.42 Å². The van der Waals surface area contributed by atoms with Gasteiger partial charge in [0, 0.05) is 53.0 Å². The van der Waals surface area contributed by atoms with Crippen LogP contribution < -0.4 is 4.90 Å². The van der Waals surface area contributed by atoms with E-state index in [1.165, 1.54) is 18.4 Å². The Morgan fingerprint density at radius 1 is 1.29 bits per heavy atom. The van der Waals surface area contributed by atoms with Gasteiger partial charge >= 0.3 is 0 Å². The van der Waals surface area contributed by atoms with E-state index >= 15 is 0 Å².